The fourth-order valence-corrected chi connectivity index (χ4v) is 2.37. The first-order chi connectivity index (χ1) is 12.1. The highest BCUT2D eigenvalue weighted by Crippen LogP contribution is 2.22. The minimum Gasteiger partial charge on any atom is -0.330 e. The van der Waals surface area contributed by atoms with E-state index in [0.717, 1.165) is 12.0 Å². The van der Waals surface area contributed by atoms with Crippen LogP contribution in [0.4, 0.5) is 21.9 Å². The molecule has 5 N–H and O–H groups in total. The van der Waals surface area contributed by atoms with Crippen LogP contribution >= 0.6 is 0 Å². The summed E-state index contributed by atoms with van der Waals surface area (Å²) in [5.74, 6) is -0.0777. The number of para-hydroxylation sites is 1. The molecule has 0 unspecified atom stereocenters. The van der Waals surface area contributed by atoms with Gasteiger partial charge in [-0.05, 0) is 49.2 Å². The summed E-state index contributed by atoms with van der Waals surface area (Å²) in [4.78, 5) is 24.0. The zero-order chi connectivity index (χ0) is 18.1. The Morgan fingerprint density at radius 2 is 1.68 bits per heavy atom. The molecule has 0 aromatic heterocycles. The van der Waals surface area contributed by atoms with E-state index in [1.54, 1.807) is 6.07 Å². The van der Waals surface area contributed by atoms with Crippen LogP contribution in [0.15, 0.2) is 48.5 Å². The molecule has 2 rings (SSSR count). The highest BCUT2D eigenvalue weighted by molar-refractivity contribution is 6.00. The highest BCUT2D eigenvalue weighted by Gasteiger charge is 2.09. The number of amides is 3. The summed E-state index contributed by atoms with van der Waals surface area (Å²) in [5.41, 5.74) is 8.47. The molecule has 6 nitrogen and oxygen atoms in total. The standard InChI is InChI=1S/C19H24N4O2/c1-2-14-10-11-16(13-17(14)23-18(24)9-6-12-20)22-19(25)21-15-7-4-3-5-8-15/h3-5,7-8,10-11,13H,2,6,9,12,20H2,1H3,(H,23,24)(H2,21,22,25). The predicted molar refractivity (Wildman–Crippen MR) is 102 cm³/mol. The van der Waals surface area contributed by atoms with E-state index in [9.17, 15) is 9.59 Å². The lowest BCUT2D eigenvalue weighted by atomic mass is 10.1. The first-order valence-electron chi connectivity index (χ1n) is 8.38. The van der Waals surface area contributed by atoms with Gasteiger partial charge in [0.15, 0.2) is 0 Å². The lowest BCUT2D eigenvalue weighted by Crippen LogP contribution is -2.20. The number of nitrogens with one attached hydrogen (secondary N) is 3. The van der Waals surface area contributed by atoms with Crippen molar-refractivity contribution in [2.75, 3.05) is 22.5 Å². The second-order valence-corrected chi connectivity index (χ2v) is 5.61. The van der Waals surface area contributed by atoms with E-state index in [-0.39, 0.29) is 11.9 Å². The molecule has 0 bridgehead atoms. The molecule has 0 fully saturated rings. The predicted octanol–water partition coefficient (Wildman–Crippen LogP) is 3.57. The Bertz CT molecular complexity index is 717. The monoisotopic (exact) mass is 340 g/mol. The molecular weight excluding hydrogens is 316 g/mol. The molecule has 0 aliphatic carbocycles. The topological polar surface area (TPSA) is 96.2 Å². The van der Waals surface area contributed by atoms with Crippen LogP contribution in [0.5, 0.6) is 0 Å². The number of nitrogens with two attached hydrogens (primary N) is 1. The molecule has 25 heavy (non-hydrogen) atoms. The third kappa shape index (κ3) is 5.93. The molecular formula is C19H24N4O2. The molecule has 0 spiro atoms. The summed E-state index contributed by atoms with van der Waals surface area (Å²) in [6.07, 6.45) is 1.81. The van der Waals surface area contributed by atoms with Crippen molar-refractivity contribution in [3.05, 3.63) is 54.1 Å². The van der Waals surface area contributed by atoms with Gasteiger partial charge in [-0.1, -0.05) is 31.2 Å². The van der Waals surface area contributed by atoms with Gasteiger partial charge >= 0.3 is 6.03 Å². The van der Waals surface area contributed by atoms with Gasteiger partial charge in [-0.3, -0.25) is 4.79 Å². The number of anilines is 3. The molecule has 0 saturated heterocycles. The fourth-order valence-electron chi connectivity index (χ4n) is 2.37. The van der Waals surface area contributed by atoms with Crippen LogP contribution in [-0.4, -0.2) is 18.5 Å². The lowest BCUT2D eigenvalue weighted by Gasteiger charge is -2.13. The smallest absolute Gasteiger partial charge is 0.323 e. The summed E-state index contributed by atoms with van der Waals surface area (Å²) < 4.78 is 0. The first-order valence-corrected chi connectivity index (χ1v) is 8.38. The average Bonchev–Trinajstić information content (AvgIpc) is 2.61. The van der Waals surface area contributed by atoms with Gasteiger partial charge < -0.3 is 21.7 Å². The molecule has 2 aromatic rings. The van der Waals surface area contributed by atoms with Crippen LogP contribution in [0.25, 0.3) is 0 Å². The summed E-state index contributed by atoms with van der Waals surface area (Å²) in [5, 5.41) is 8.43. The summed E-state index contributed by atoms with van der Waals surface area (Å²) in [6, 6.07) is 14.3. The van der Waals surface area contributed by atoms with Gasteiger partial charge in [0.2, 0.25) is 5.91 Å². The van der Waals surface area contributed by atoms with Crippen molar-refractivity contribution in [2.45, 2.75) is 26.2 Å². The van der Waals surface area contributed by atoms with Crippen LogP contribution in [0.2, 0.25) is 0 Å². The molecule has 132 valence electrons. The van der Waals surface area contributed by atoms with Crippen molar-refractivity contribution in [1.82, 2.24) is 0 Å². The third-order valence-corrected chi connectivity index (χ3v) is 3.66. The molecule has 0 saturated carbocycles. The van der Waals surface area contributed by atoms with E-state index in [2.05, 4.69) is 16.0 Å². The van der Waals surface area contributed by atoms with Gasteiger partial charge in [-0.25, -0.2) is 4.79 Å². The second-order valence-electron chi connectivity index (χ2n) is 5.61. The second kappa shape index (κ2) is 9.44. The Kier molecular flexibility index (Phi) is 6.98. The van der Waals surface area contributed by atoms with E-state index in [0.29, 0.717) is 36.4 Å². The first kappa shape index (κ1) is 18.5. The van der Waals surface area contributed by atoms with E-state index in [1.165, 1.54) is 0 Å². The van der Waals surface area contributed by atoms with E-state index < -0.39 is 0 Å². The maximum absolute atomic E-state index is 12.1. The van der Waals surface area contributed by atoms with Crippen molar-refractivity contribution in [1.29, 1.82) is 0 Å². The van der Waals surface area contributed by atoms with E-state index in [1.807, 2.05) is 49.4 Å². The van der Waals surface area contributed by atoms with Crippen LogP contribution in [0.3, 0.4) is 0 Å². The Balaban J connectivity index is 2.04. The molecule has 0 atom stereocenters. The molecule has 0 aliphatic rings. The van der Waals surface area contributed by atoms with Crippen LogP contribution in [-0.2, 0) is 11.2 Å². The summed E-state index contributed by atoms with van der Waals surface area (Å²) >= 11 is 0. The zero-order valence-electron chi connectivity index (χ0n) is 14.3. The fraction of sp³-hybridized carbons (Fsp3) is 0.263. The van der Waals surface area contributed by atoms with Gasteiger partial charge in [-0.15, -0.1) is 0 Å². The number of aryl methyl sites for hydroxylation is 1. The van der Waals surface area contributed by atoms with Crippen molar-refractivity contribution < 1.29 is 9.59 Å². The maximum atomic E-state index is 12.1. The number of hydrogen-bond donors (Lipinski definition) is 4. The Labute approximate surface area is 147 Å². The minimum absolute atomic E-state index is 0.0777. The van der Waals surface area contributed by atoms with Crippen molar-refractivity contribution in [3.8, 4) is 0 Å². The molecule has 0 heterocycles. The Hall–Kier alpha value is -2.86. The van der Waals surface area contributed by atoms with Crippen molar-refractivity contribution >= 4 is 29.0 Å². The Morgan fingerprint density at radius 1 is 0.960 bits per heavy atom. The molecule has 3 amide bonds. The molecule has 6 heteroatoms. The SMILES string of the molecule is CCc1ccc(NC(=O)Nc2ccccc2)cc1NC(=O)CCCN. The van der Waals surface area contributed by atoms with Gasteiger partial charge in [0, 0.05) is 23.5 Å². The quantitative estimate of drug-likeness (QED) is 0.620. The van der Waals surface area contributed by atoms with Crippen LogP contribution < -0.4 is 21.7 Å². The van der Waals surface area contributed by atoms with E-state index >= 15 is 0 Å². The average molecular weight is 340 g/mol. The van der Waals surface area contributed by atoms with E-state index in [4.69, 9.17) is 5.73 Å². The number of carbonyl (C=O) groups excluding carboxylic acids is 2. The maximum Gasteiger partial charge on any atom is 0.323 e. The number of benzene rings is 2. The Morgan fingerprint density at radius 3 is 2.36 bits per heavy atom. The minimum atomic E-state index is -0.337. The third-order valence-electron chi connectivity index (χ3n) is 3.66. The van der Waals surface area contributed by atoms with Crippen molar-refractivity contribution in [3.63, 3.8) is 0 Å². The number of rotatable bonds is 7. The van der Waals surface area contributed by atoms with Gasteiger partial charge in [-0.2, -0.15) is 0 Å². The van der Waals surface area contributed by atoms with Gasteiger partial charge in [0.25, 0.3) is 0 Å². The number of carbonyl (C=O) groups is 2. The molecule has 0 radical (unpaired) electrons. The normalized spacial score (nSPS) is 10.2. The number of hydrogen-bond acceptors (Lipinski definition) is 3. The van der Waals surface area contributed by atoms with Gasteiger partial charge in [0.1, 0.15) is 0 Å². The largest absolute Gasteiger partial charge is 0.330 e. The lowest BCUT2D eigenvalue weighted by molar-refractivity contribution is -0.116. The summed E-state index contributed by atoms with van der Waals surface area (Å²) in [6.45, 7) is 2.50. The molecule has 0 aliphatic heterocycles. The molecule has 2 aromatic carbocycles. The van der Waals surface area contributed by atoms with Crippen molar-refractivity contribution in [2.24, 2.45) is 5.73 Å². The zero-order valence-corrected chi connectivity index (χ0v) is 14.3. The number of urea groups is 1. The van der Waals surface area contributed by atoms with Crippen LogP contribution in [0, 0.1) is 0 Å². The summed E-state index contributed by atoms with van der Waals surface area (Å²) in [7, 11) is 0. The highest BCUT2D eigenvalue weighted by atomic mass is 16.2. The van der Waals surface area contributed by atoms with Crippen LogP contribution in [0.1, 0.15) is 25.3 Å². The van der Waals surface area contributed by atoms with Gasteiger partial charge in [0.05, 0.1) is 0 Å².